The third-order valence-electron chi connectivity index (χ3n) is 3.15. The summed E-state index contributed by atoms with van der Waals surface area (Å²) in [5, 5.41) is 0. The lowest BCUT2D eigenvalue weighted by Gasteiger charge is -2.28. The van der Waals surface area contributed by atoms with E-state index in [1.165, 1.54) is 11.1 Å². The lowest BCUT2D eigenvalue weighted by molar-refractivity contribution is -0.133. The van der Waals surface area contributed by atoms with Gasteiger partial charge in [-0.25, -0.2) is 0 Å². The van der Waals surface area contributed by atoms with Gasteiger partial charge in [-0.05, 0) is 24.5 Å². The highest BCUT2D eigenvalue weighted by Crippen LogP contribution is 2.18. The van der Waals surface area contributed by atoms with E-state index < -0.39 is 0 Å². The van der Waals surface area contributed by atoms with Crippen LogP contribution in [-0.2, 0) is 22.5 Å². The van der Waals surface area contributed by atoms with Crippen LogP contribution in [0.15, 0.2) is 24.3 Å². The second-order valence-electron chi connectivity index (χ2n) is 4.28. The van der Waals surface area contributed by atoms with Gasteiger partial charge in [0.15, 0.2) is 0 Å². The fourth-order valence-electron chi connectivity index (χ4n) is 2.17. The molecular formula is C14H19NO2. The smallest absolute Gasteiger partial charge is 0.225 e. The molecule has 17 heavy (non-hydrogen) atoms. The molecule has 1 aliphatic rings. The number of benzene rings is 1. The predicted octanol–water partition coefficient (Wildman–Crippen LogP) is 2.00. The molecule has 0 unspecified atom stereocenters. The zero-order valence-electron chi connectivity index (χ0n) is 10.3. The van der Waals surface area contributed by atoms with Gasteiger partial charge in [-0.3, -0.25) is 4.79 Å². The molecular weight excluding hydrogens is 214 g/mol. The van der Waals surface area contributed by atoms with Crippen molar-refractivity contribution in [2.75, 3.05) is 19.8 Å². The Morgan fingerprint density at radius 1 is 1.35 bits per heavy atom. The molecule has 0 aliphatic carbocycles. The van der Waals surface area contributed by atoms with Crippen molar-refractivity contribution < 1.29 is 9.53 Å². The molecule has 0 aromatic heterocycles. The highest BCUT2D eigenvalue weighted by molar-refractivity contribution is 5.76. The lowest BCUT2D eigenvalue weighted by atomic mass is 10.00. The van der Waals surface area contributed by atoms with E-state index in [1.54, 1.807) is 0 Å². The van der Waals surface area contributed by atoms with Crippen LogP contribution in [0.3, 0.4) is 0 Å². The number of carbonyl (C=O) groups is 1. The Hall–Kier alpha value is -1.35. The average molecular weight is 233 g/mol. The highest BCUT2D eigenvalue weighted by atomic mass is 16.5. The first-order valence-electron chi connectivity index (χ1n) is 6.23. The maximum atomic E-state index is 11.9. The Morgan fingerprint density at radius 2 is 2.12 bits per heavy atom. The van der Waals surface area contributed by atoms with Gasteiger partial charge in [0.25, 0.3) is 0 Å². The lowest BCUT2D eigenvalue weighted by Crippen LogP contribution is -2.36. The SMILES string of the molecule is CCOCCC(=O)N1CCc2ccccc2C1. The van der Waals surface area contributed by atoms with Crippen LogP contribution in [0.4, 0.5) is 0 Å². The topological polar surface area (TPSA) is 29.5 Å². The van der Waals surface area contributed by atoms with Crippen molar-refractivity contribution in [3.63, 3.8) is 0 Å². The Morgan fingerprint density at radius 3 is 2.88 bits per heavy atom. The molecule has 1 amide bonds. The first-order valence-corrected chi connectivity index (χ1v) is 6.23. The zero-order chi connectivity index (χ0) is 12.1. The molecule has 1 aliphatic heterocycles. The third-order valence-corrected chi connectivity index (χ3v) is 3.15. The van der Waals surface area contributed by atoms with Gasteiger partial charge < -0.3 is 9.64 Å². The predicted molar refractivity (Wildman–Crippen MR) is 66.7 cm³/mol. The maximum absolute atomic E-state index is 11.9. The summed E-state index contributed by atoms with van der Waals surface area (Å²) in [5.74, 6) is 0.202. The van der Waals surface area contributed by atoms with E-state index >= 15 is 0 Å². The van der Waals surface area contributed by atoms with Crippen LogP contribution in [0.2, 0.25) is 0 Å². The summed E-state index contributed by atoms with van der Waals surface area (Å²) < 4.78 is 5.22. The number of fused-ring (bicyclic) bond motifs is 1. The van der Waals surface area contributed by atoms with Crippen LogP contribution in [-0.4, -0.2) is 30.6 Å². The van der Waals surface area contributed by atoms with Gasteiger partial charge in [-0.15, -0.1) is 0 Å². The fraction of sp³-hybridized carbons (Fsp3) is 0.500. The number of rotatable bonds is 4. The van der Waals surface area contributed by atoms with E-state index in [-0.39, 0.29) is 5.91 Å². The van der Waals surface area contributed by atoms with E-state index in [9.17, 15) is 4.79 Å². The minimum atomic E-state index is 0.202. The van der Waals surface area contributed by atoms with E-state index in [1.807, 2.05) is 17.9 Å². The molecule has 1 aromatic carbocycles. The van der Waals surface area contributed by atoms with Crippen molar-refractivity contribution in [1.82, 2.24) is 4.90 Å². The number of ether oxygens (including phenoxy) is 1. The maximum Gasteiger partial charge on any atom is 0.225 e. The summed E-state index contributed by atoms with van der Waals surface area (Å²) in [6, 6.07) is 8.35. The molecule has 0 saturated heterocycles. The Balaban J connectivity index is 1.91. The molecule has 3 heteroatoms. The standard InChI is InChI=1S/C14H19NO2/c1-2-17-10-8-14(16)15-9-7-12-5-3-4-6-13(12)11-15/h3-6H,2,7-11H2,1H3. The molecule has 0 atom stereocenters. The van der Waals surface area contributed by atoms with Gasteiger partial charge in [0.2, 0.25) is 5.91 Å². The average Bonchev–Trinajstić information content (AvgIpc) is 2.38. The first-order chi connectivity index (χ1) is 8.31. The number of nitrogens with zero attached hydrogens (tertiary/aromatic N) is 1. The summed E-state index contributed by atoms with van der Waals surface area (Å²) >= 11 is 0. The molecule has 1 heterocycles. The Bertz CT molecular complexity index is 390. The van der Waals surface area contributed by atoms with E-state index in [0.29, 0.717) is 19.6 Å². The largest absolute Gasteiger partial charge is 0.381 e. The number of hydrogen-bond donors (Lipinski definition) is 0. The minimum absolute atomic E-state index is 0.202. The highest BCUT2D eigenvalue weighted by Gasteiger charge is 2.19. The quantitative estimate of drug-likeness (QED) is 0.744. The van der Waals surface area contributed by atoms with Crippen molar-refractivity contribution in [2.24, 2.45) is 0 Å². The molecule has 0 saturated carbocycles. The van der Waals surface area contributed by atoms with Crippen molar-refractivity contribution in [1.29, 1.82) is 0 Å². The molecule has 3 nitrogen and oxygen atoms in total. The van der Waals surface area contributed by atoms with Crippen LogP contribution in [0.5, 0.6) is 0 Å². The first kappa shape index (κ1) is 12.1. The number of hydrogen-bond acceptors (Lipinski definition) is 2. The summed E-state index contributed by atoms with van der Waals surface area (Å²) in [4.78, 5) is 13.9. The van der Waals surface area contributed by atoms with Crippen molar-refractivity contribution in [2.45, 2.75) is 26.3 Å². The summed E-state index contributed by atoms with van der Waals surface area (Å²) in [5.41, 5.74) is 2.66. The molecule has 0 fully saturated rings. The molecule has 92 valence electrons. The van der Waals surface area contributed by atoms with Crippen LogP contribution in [0.1, 0.15) is 24.5 Å². The van der Waals surface area contributed by atoms with E-state index in [4.69, 9.17) is 4.74 Å². The second-order valence-corrected chi connectivity index (χ2v) is 4.28. The fourth-order valence-corrected chi connectivity index (χ4v) is 2.17. The normalized spacial score (nSPS) is 14.5. The van der Waals surface area contributed by atoms with Gasteiger partial charge in [0.05, 0.1) is 13.0 Å². The van der Waals surface area contributed by atoms with Crippen LogP contribution in [0.25, 0.3) is 0 Å². The van der Waals surface area contributed by atoms with Crippen molar-refractivity contribution in [3.05, 3.63) is 35.4 Å². The molecule has 2 rings (SSSR count). The van der Waals surface area contributed by atoms with E-state index in [2.05, 4.69) is 18.2 Å². The van der Waals surface area contributed by atoms with Gasteiger partial charge in [0.1, 0.15) is 0 Å². The van der Waals surface area contributed by atoms with Gasteiger partial charge >= 0.3 is 0 Å². The summed E-state index contributed by atoms with van der Waals surface area (Å²) in [6.45, 7) is 4.74. The van der Waals surface area contributed by atoms with Crippen LogP contribution < -0.4 is 0 Å². The molecule has 0 spiro atoms. The minimum Gasteiger partial charge on any atom is -0.381 e. The Kier molecular flexibility index (Phi) is 4.15. The van der Waals surface area contributed by atoms with Gasteiger partial charge in [0, 0.05) is 19.7 Å². The molecule has 0 radical (unpaired) electrons. The Labute approximate surface area is 102 Å². The molecule has 0 bridgehead atoms. The number of amides is 1. The second kappa shape index (κ2) is 5.82. The monoisotopic (exact) mass is 233 g/mol. The van der Waals surface area contributed by atoms with Crippen molar-refractivity contribution in [3.8, 4) is 0 Å². The molecule has 1 aromatic rings. The number of carbonyl (C=O) groups excluding carboxylic acids is 1. The summed E-state index contributed by atoms with van der Waals surface area (Å²) in [7, 11) is 0. The van der Waals surface area contributed by atoms with Gasteiger partial charge in [-0.1, -0.05) is 24.3 Å². The summed E-state index contributed by atoms with van der Waals surface area (Å²) in [6.07, 6.45) is 1.46. The van der Waals surface area contributed by atoms with Crippen molar-refractivity contribution >= 4 is 5.91 Å². The van der Waals surface area contributed by atoms with Crippen LogP contribution >= 0.6 is 0 Å². The third kappa shape index (κ3) is 3.07. The zero-order valence-corrected chi connectivity index (χ0v) is 10.3. The van der Waals surface area contributed by atoms with Crippen LogP contribution in [0, 0.1) is 0 Å². The van der Waals surface area contributed by atoms with Gasteiger partial charge in [-0.2, -0.15) is 0 Å². The van der Waals surface area contributed by atoms with E-state index in [0.717, 1.165) is 19.5 Å². The molecule has 0 N–H and O–H groups in total.